The molecule has 0 aliphatic heterocycles. The Labute approximate surface area is 122 Å². The molecule has 5 nitrogen and oxygen atoms in total. The number of nitro benzene ring substituents is 1. The van der Waals surface area contributed by atoms with E-state index < -0.39 is 4.92 Å². The molecule has 0 aliphatic rings. The molecule has 108 valence electrons. The number of nitrogens with one attached hydrogen (secondary N) is 1. The van der Waals surface area contributed by atoms with Gasteiger partial charge in [0.25, 0.3) is 5.69 Å². The molecule has 0 saturated carbocycles. The van der Waals surface area contributed by atoms with Crippen molar-refractivity contribution in [3.8, 4) is 5.75 Å². The van der Waals surface area contributed by atoms with E-state index in [9.17, 15) is 15.2 Å². The van der Waals surface area contributed by atoms with Crippen LogP contribution in [0.3, 0.4) is 0 Å². The molecule has 0 aliphatic carbocycles. The van der Waals surface area contributed by atoms with Gasteiger partial charge < -0.3 is 10.4 Å². The minimum Gasteiger partial charge on any atom is -0.506 e. The van der Waals surface area contributed by atoms with Gasteiger partial charge in [0.05, 0.1) is 16.7 Å². The van der Waals surface area contributed by atoms with Crippen LogP contribution in [0.4, 0.5) is 11.4 Å². The fourth-order valence-electron chi connectivity index (χ4n) is 2.08. The molecule has 0 spiro atoms. The van der Waals surface area contributed by atoms with E-state index in [1.54, 1.807) is 36.4 Å². The van der Waals surface area contributed by atoms with Crippen LogP contribution in [0.5, 0.6) is 5.75 Å². The van der Waals surface area contributed by atoms with Gasteiger partial charge in [-0.05, 0) is 24.1 Å². The molecule has 2 aromatic carbocycles. The quantitative estimate of drug-likeness (QED) is 0.363. The fourth-order valence-corrected chi connectivity index (χ4v) is 2.08. The lowest BCUT2D eigenvalue weighted by molar-refractivity contribution is -0.384. The number of phenols is 1. The number of nitro groups is 1. The van der Waals surface area contributed by atoms with Gasteiger partial charge in [-0.2, -0.15) is 0 Å². The highest BCUT2D eigenvalue weighted by Gasteiger charge is 2.15. The molecule has 1 atom stereocenters. The van der Waals surface area contributed by atoms with E-state index in [1.165, 1.54) is 12.1 Å². The average Bonchev–Trinajstić information content (AvgIpc) is 2.49. The number of phenolic OH excluding ortho intramolecular Hbond substituents is 1. The number of aromatic hydroxyl groups is 1. The Kier molecular flexibility index (Phi) is 4.56. The minimum absolute atomic E-state index is 0.0423. The van der Waals surface area contributed by atoms with Gasteiger partial charge in [-0.15, -0.1) is 6.58 Å². The largest absolute Gasteiger partial charge is 0.506 e. The van der Waals surface area contributed by atoms with E-state index in [2.05, 4.69) is 11.9 Å². The van der Waals surface area contributed by atoms with Gasteiger partial charge in [-0.3, -0.25) is 10.1 Å². The van der Waals surface area contributed by atoms with E-state index in [4.69, 9.17) is 0 Å². The van der Waals surface area contributed by atoms with E-state index in [1.807, 2.05) is 6.07 Å². The molecule has 0 saturated heterocycles. The number of nitrogens with zero attached hydrogens (tertiary/aromatic N) is 1. The summed E-state index contributed by atoms with van der Waals surface area (Å²) in [6.07, 6.45) is 2.31. The van der Waals surface area contributed by atoms with Gasteiger partial charge in [0.2, 0.25) is 0 Å². The van der Waals surface area contributed by atoms with Crippen LogP contribution in [-0.2, 0) is 0 Å². The van der Waals surface area contributed by atoms with Crippen molar-refractivity contribution in [2.75, 3.05) is 5.32 Å². The minimum atomic E-state index is -0.422. The lowest BCUT2D eigenvalue weighted by atomic mass is 10.0. The number of non-ortho nitro benzene ring substituents is 1. The molecule has 21 heavy (non-hydrogen) atoms. The third-order valence-corrected chi connectivity index (χ3v) is 3.12. The van der Waals surface area contributed by atoms with Gasteiger partial charge in [-0.25, -0.2) is 0 Å². The zero-order valence-electron chi connectivity index (χ0n) is 11.4. The van der Waals surface area contributed by atoms with Gasteiger partial charge in [0.1, 0.15) is 5.75 Å². The maximum absolute atomic E-state index is 10.9. The highest BCUT2D eigenvalue weighted by Crippen LogP contribution is 2.30. The average molecular weight is 284 g/mol. The van der Waals surface area contributed by atoms with Crippen molar-refractivity contribution in [1.29, 1.82) is 0 Å². The summed E-state index contributed by atoms with van der Waals surface area (Å²) < 4.78 is 0. The van der Waals surface area contributed by atoms with Crippen molar-refractivity contribution in [2.24, 2.45) is 0 Å². The number of hydrogen-bond donors (Lipinski definition) is 2. The van der Waals surface area contributed by atoms with Gasteiger partial charge in [-0.1, -0.05) is 30.3 Å². The molecule has 5 heteroatoms. The molecule has 0 radical (unpaired) electrons. The van der Waals surface area contributed by atoms with Crippen LogP contribution < -0.4 is 5.32 Å². The Morgan fingerprint density at radius 3 is 2.71 bits per heavy atom. The first-order valence-corrected chi connectivity index (χ1v) is 6.51. The first-order chi connectivity index (χ1) is 10.1. The van der Waals surface area contributed by atoms with Crippen LogP contribution in [0.15, 0.2) is 61.2 Å². The predicted molar refractivity (Wildman–Crippen MR) is 82.4 cm³/mol. The fraction of sp³-hybridized carbons (Fsp3) is 0.125. The summed E-state index contributed by atoms with van der Waals surface area (Å²) in [4.78, 5) is 10.4. The van der Waals surface area contributed by atoms with E-state index in [0.717, 1.165) is 5.56 Å². The van der Waals surface area contributed by atoms with Crippen LogP contribution in [0, 0.1) is 10.1 Å². The lowest BCUT2D eigenvalue weighted by Crippen LogP contribution is -2.10. The smallest absolute Gasteiger partial charge is 0.269 e. The maximum atomic E-state index is 10.9. The van der Waals surface area contributed by atoms with Crippen LogP contribution in [0.1, 0.15) is 18.0 Å². The van der Waals surface area contributed by atoms with Crippen molar-refractivity contribution in [1.82, 2.24) is 0 Å². The summed E-state index contributed by atoms with van der Waals surface area (Å²) in [6, 6.07) is 13.1. The third-order valence-electron chi connectivity index (χ3n) is 3.12. The molecule has 1 unspecified atom stereocenters. The lowest BCUT2D eigenvalue weighted by Gasteiger charge is -2.19. The first kappa shape index (κ1) is 14.6. The summed E-state index contributed by atoms with van der Waals surface area (Å²) in [6.45, 7) is 3.71. The second-order valence-corrected chi connectivity index (χ2v) is 4.59. The molecule has 2 N–H and O–H groups in total. The van der Waals surface area contributed by atoms with Crippen molar-refractivity contribution in [3.63, 3.8) is 0 Å². The molecule has 0 bridgehead atoms. The Balaban J connectivity index is 2.31. The monoisotopic (exact) mass is 284 g/mol. The van der Waals surface area contributed by atoms with Gasteiger partial charge in [0.15, 0.2) is 0 Å². The summed E-state index contributed by atoms with van der Waals surface area (Å²) in [7, 11) is 0. The molecular formula is C16H16N2O3. The zero-order chi connectivity index (χ0) is 15.2. The maximum Gasteiger partial charge on any atom is 0.269 e. The van der Waals surface area contributed by atoms with Crippen molar-refractivity contribution in [3.05, 3.63) is 76.9 Å². The second kappa shape index (κ2) is 6.56. The van der Waals surface area contributed by atoms with E-state index in [-0.39, 0.29) is 17.5 Å². The molecule has 0 amide bonds. The Morgan fingerprint density at radius 1 is 1.29 bits per heavy atom. The van der Waals surface area contributed by atoms with Crippen LogP contribution >= 0.6 is 0 Å². The zero-order valence-corrected chi connectivity index (χ0v) is 11.4. The van der Waals surface area contributed by atoms with E-state index in [0.29, 0.717) is 12.1 Å². The number of hydrogen-bond acceptors (Lipinski definition) is 4. The van der Waals surface area contributed by atoms with Crippen molar-refractivity contribution < 1.29 is 10.0 Å². The summed E-state index contributed by atoms with van der Waals surface area (Å²) in [5.41, 5.74) is 1.39. The molecular weight excluding hydrogens is 268 g/mol. The molecule has 0 heterocycles. The SMILES string of the molecule is C=CCC(Nc1ccccc1O)c1cccc([N+](=O)[O-])c1. The molecule has 0 aromatic heterocycles. The molecule has 2 aromatic rings. The number of rotatable bonds is 6. The van der Waals surface area contributed by atoms with Crippen molar-refractivity contribution in [2.45, 2.75) is 12.5 Å². The van der Waals surface area contributed by atoms with Gasteiger partial charge >= 0.3 is 0 Å². The number of para-hydroxylation sites is 2. The summed E-state index contributed by atoms with van der Waals surface area (Å²) in [5, 5.41) is 23.9. The predicted octanol–water partition coefficient (Wildman–Crippen LogP) is 4.03. The normalized spacial score (nSPS) is 11.6. The summed E-state index contributed by atoms with van der Waals surface area (Å²) in [5.74, 6) is 0.136. The second-order valence-electron chi connectivity index (χ2n) is 4.59. The van der Waals surface area contributed by atoms with Crippen LogP contribution in [0.2, 0.25) is 0 Å². The van der Waals surface area contributed by atoms with E-state index >= 15 is 0 Å². The van der Waals surface area contributed by atoms with Crippen LogP contribution in [0.25, 0.3) is 0 Å². The standard InChI is InChI=1S/C16H16N2O3/c1-2-6-14(17-15-9-3-4-10-16(15)19)12-7-5-8-13(11-12)18(20)21/h2-5,7-11,14,17,19H,1,6H2. The Hall–Kier alpha value is -2.82. The Bertz CT molecular complexity index is 655. The highest BCUT2D eigenvalue weighted by atomic mass is 16.6. The van der Waals surface area contributed by atoms with Crippen LogP contribution in [-0.4, -0.2) is 10.0 Å². The first-order valence-electron chi connectivity index (χ1n) is 6.51. The summed E-state index contributed by atoms with van der Waals surface area (Å²) >= 11 is 0. The number of anilines is 1. The topological polar surface area (TPSA) is 75.4 Å². The number of benzene rings is 2. The molecule has 0 fully saturated rings. The molecule has 2 rings (SSSR count). The third kappa shape index (κ3) is 3.60. The highest BCUT2D eigenvalue weighted by molar-refractivity contribution is 5.57. The van der Waals surface area contributed by atoms with Gasteiger partial charge in [0, 0.05) is 12.1 Å². The Morgan fingerprint density at radius 2 is 2.05 bits per heavy atom. The van der Waals surface area contributed by atoms with Crippen molar-refractivity contribution >= 4 is 11.4 Å².